The van der Waals surface area contributed by atoms with E-state index in [-0.39, 0.29) is 24.9 Å². The maximum absolute atomic E-state index is 10.5. The summed E-state index contributed by atoms with van der Waals surface area (Å²) in [7, 11) is 0. The first-order valence-electron chi connectivity index (χ1n) is 4.26. The van der Waals surface area contributed by atoms with Gasteiger partial charge in [0.2, 0.25) is 0 Å². The van der Waals surface area contributed by atoms with Gasteiger partial charge in [-0.25, -0.2) is 0 Å². The van der Waals surface area contributed by atoms with E-state index in [0.717, 1.165) is 0 Å². The van der Waals surface area contributed by atoms with E-state index in [2.05, 4.69) is 0 Å². The molecule has 0 bridgehead atoms. The molecule has 6 heteroatoms. The van der Waals surface area contributed by atoms with Crippen molar-refractivity contribution in [2.75, 3.05) is 19.6 Å². The van der Waals surface area contributed by atoms with Crippen LogP contribution in [0.15, 0.2) is 0 Å². The van der Waals surface area contributed by atoms with Crippen molar-refractivity contribution in [1.29, 1.82) is 0 Å². The molecule has 0 aromatic carbocycles. The molecular weight excluding hydrogens is 210 g/mol. The molecule has 2 N–H and O–H groups in total. The number of hydrogen-bond acceptors (Lipinski definition) is 3. The molecule has 0 spiro atoms. The van der Waals surface area contributed by atoms with Crippen LogP contribution in [0.4, 0.5) is 0 Å². The molecule has 0 radical (unpaired) electrons. The summed E-state index contributed by atoms with van der Waals surface area (Å²) < 4.78 is 0. The number of hydrogen-bond donors (Lipinski definition) is 2. The van der Waals surface area contributed by atoms with E-state index in [0.29, 0.717) is 25.9 Å². The van der Waals surface area contributed by atoms with Crippen LogP contribution in [0.1, 0.15) is 12.8 Å². The molecule has 0 aliphatic carbocycles. The van der Waals surface area contributed by atoms with Crippen molar-refractivity contribution in [3.63, 3.8) is 0 Å². The van der Waals surface area contributed by atoms with Gasteiger partial charge in [0, 0.05) is 0 Å². The molecule has 5 nitrogen and oxygen atoms in total. The highest BCUT2D eigenvalue weighted by atomic mass is 35.5. The van der Waals surface area contributed by atoms with E-state index in [9.17, 15) is 9.59 Å². The van der Waals surface area contributed by atoms with Crippen molar-refractivity contribution in [3.05, 3.63) is 0 Å². The van der Waals surface area contributed by atoms with Crippen LogP contribution in [0.25, 0.3) is 0 Å². The minimum Gasteiger partial charge on any atom is -0.481 e. The minimum atomic E-state index is -0.853. The van der Waals surface area contributed by atoms with Crippen molar-refractivity contribution in [1.82, 2.24) is 4.90 Å². The van der Waals surface area contributed by atoms with Crippen LogP contribution < -0.4 is 0 Å². The summed E-state index contributed by atoms with van der Waals surface area (Å²) in [6.45, 7) is 1.17. The Morgan fingerprint density at radius 1 is 1.21 bits per heavy atom. The summed E-state index contributed by atoms with van der Waals surface area (Å²) in [6, 6.07) is 0. The number of halogens is 1. The highest BCUT2D eigenvalue weighted by Gasteiger charge is 2.24. The largest absolute Gasteiger partial charge is 0.481 e. The first kappa shape index (κ1) is 13.2. The first-order chi connectivity index (χ1) is 6.09. The predicted octanol–water partition coefficient (Wildman–Crippen LogP) is 0.289. The van der Waals surface area contributed by atoms with Gasteiger partial charge in [-0.1, -0.05) is 0 Å². The zero-order valence-electron chi connectivity index (χ0n) is 7.68. The molecule has 0 atom stereocenters. The molecule has 0 aromatic rings. The van der Waals surface area contributed by atoms with Crippen LogP contribution in [0.5, 0.6) is 0 Å². The Hall–Kier alpha value is -0.810. The Labute approximate surface area is 88.1 Å². The van der Waals surface area contributed by atoms with Gasteiger partial charge in [0.15, 0.2) is 0 Å². The Bertz CT molecular complexity index is 213. The molecule has 1 aliphatic heterocycles. The Kier molecular flexibility index (Phi) is 5.49. The van der Waals surface area contributed by atoms with Crippen molar-refractivity contribution < 1.29 is 19.8 Å². The van der Waals surface area contributed by atoms with Crippen LogP contribution in [0.3, 0.4) is 0 Å². The molecule has 82 valence electrons. The normalized spacial score (nSPS) is 18.6. The van der Waals surface area contributed by atoms with E-state index in [1.54, 1.807) is 4.90 Å². The molecule has 1 saturated heterocycles. The SMILES string of the molecule is Cl.O=C(O)CN1CCC(C(=O)O)CC1. The van der Waals surface area contributed by atoms with Gasteiger partial charge < -0.3 is 10.2 Å². The van der Waals surface area contributed by atoms with Crippen molar-refractivity contribution in [2.45, 2.75) is 12.8 Å². The first-order valence-corrected chi connectivity index (χ1v) is 4.26. The molecule has 14 heavy (non-hydrogen) atoms. The van der Waals surface area contributed by atoms with Gasteiger partial charge in [0.1, 0.15) is 0 Å². The molecule has 1 rings (SSSR count). The van der Waals surface area contributed by atoms with E-state index in [1.807, 2.05) is 0 Å². The zero-order valence-corrected chi connectivity index (χ0v) is 8.50. The van der Waals surface area contributed by atoms with Crippen molar-refractivity contribution in [3.8, 4) is 0 Å². The number of carboxylic acids is 2. The fraction of sp³-hybridized carbons (Fsp3) is 0.750. The number of piperidine rings is 1. The lowest BCUT2D eigenvalue weighted by Crippen LogP contribution is -2.39. The molecule has 1 aliphatic rings. The van der Waals surface area contributed by atoms with Crippen molar-refractivity contribution >= 4 is 24.3 Å². The third kappa shape index (κ3) is 3.93. The maximum Gasteiger partial charge on any atom is 0.317 e. The number of carbonyl (C=O) groups is 2. The van der Waals surface area contributed by atoms with Crippen LogP contribution in [0, 0.1) is 5.92 Å². The van der Waals surface area contributed by atoms with Gasteiger partial charge in [-0.15, -0.1) is 12.4 Å². The minimum absolute atomic E-state index is 0. The standard InChI is InChI=1S/C8H13NO4.ClH/c10-7(11)5-9-3-1-6(2-4-9)8(12)13;/h6H,1-5H2,(H,10,11)(H,12,13);1H. The summed E-state index contributed by atoms with van der Waals surface area (Å²) in [5, 5.41) is 17.2. The van der Waals surface area contributed by atoms with Gasteiger partial charge >= 0.3 is 11.9 Å². The Balaban J connectivity index is 0.00000169. The van der Waals surface area contributed by atoms with Crippen LogP contribution in [-0.4, -0.2) is 46.7 Å². The quantitative estimate of drug-likeness (QED) is 0.719. The molecule has 1 heterocycles. The molecule has 0 aromatic heterocycles. The lowest BCUT2D eigenvalue weighted by atomic mass is 9.97. The molecule has 1 fully saturated rings. The number of carboxylic acid groups (broad SMARTS) is 2. The number of nitrogens with zero attached hydrogens (tertiary/aromatic N) is 1. The average molecular weight is 224 g/mol. The summed E-state index contributed by atoms with van der Waals surface area (Å²) in [5.74, 6) is -1.91. The number of aliphatic carboxylic acids is 2. The lowest BCUT2D eigenvalue weighted by Gasteiger charge is -2.28. The predicted molar refractivity (Wildman–Crippen MR) is 51.7 cm³/mol. The van der Waals surface area contributed by atoms with E-state index < -0.39 is 11.9 Å². The van der Waals surface area contributed by atoms with E-state index >= 15 is 0 Å². The molecule has 0 unspecified atom stereocenters. The third-order valence-electron chi connectivity index (χ3n) is 2.30. The maximum atomic E-state index is 10.5. The summed E-state index contributed by atoms with van der Waals surface area (Å²) in [5.41, 5.74) is 0. The van der Waals surface area contributed by atoms with Gasteiger partial charge in [-0.2, -0.15) is 0 Å². The highest BCUT2D eigenvalue weighted by Crippen LogP contribution is 2.16. The molecular formula is C8H14ClNO4. The van der Waals surface area contributed by atoms with E-state index in [1.165, 1.54) is 0 Å². The van der Waals surface area contributed by atoms with Gasteiger partial charge in [-0.05, 0) is 25.9 Å². The average Bonchev–Trinajstić information content (AvgIpc) is 2.04. The fourth-order valence-electron chi connectivity index (χ4n) is 1.53. The van der Waals surface area contributed by atoms with Crippen LogP contribution in [0.2, 0.25) is 0 Å². The van der Waals surface area contributed by atoms with Gasteiger partial charge in [0.25, 0.3) is 0 Å². The monoisotopic (exact) mass is 223 g/mol. The van der Waals surface area contributed by atoms with E-state index in [4.69, 9.17) is 10.2 Å². The molecule has 0 saturated carbocycles. The van der Waals surface area contributed by atoms with Gasteiger partial charge in [-0.3, -0.25) is 14.5 Å². The Morgan fingerprint density at radius 3 is 2.07 bits per heavy atom. The Morgan fingerprint density at radius 2 is 1.71 bits per heavy atom. The zero-order chi connectivity index (χ0) is 9.84. The second-order valence-electron chi connectivity index (χ2n) is 3.28. The van der Waals surface area contributed by atoms with Crippen LogP contribution >= 0.6 is 12.4 Å². The van der Waals surface area contributed by atoms with Crippen molar-refractivity contribution in [2.24, 2.45) is 5.92 Å². The third-order valence-corrected chi connectivity index (χ3v) is 2.30. The molecule has 0 amide bonds. The second kappa shape index (κ2) is 5.82. The summed E-state index contributed by atoms with van der Waals surface area (Å²) in [4.78, 5) is 22.6. The highest BCUT2D eigenvalue weighted by molar-refractivity contribution is 5.85. The number of rotatable bonds is 3. The summed E-state index contributed by atoms with van der Waals surface area (Å²) in [6.07, 6.45) is 1.12. The summed E-state index contributed by atoms with van der Waals surface area (Å²) >= 11 is 0. The fourth-order valence-corrected chi connectivity index (χ4v) is 1.53. The topological polar surface area (TPSA) is 77.8 Å². The number of likely N-dealkylation sites (tertiary alicyclic amines) is 1. The van der Waals surface area contributed by atoms with Gasteiger partial charge in [0.05, 0.1) is 12.5 Å². The lowest BCUT2D eigenvalue weighted by molar-refractivity contribution is -0.143. The van der Waals surface area contributed by atoms with Crippen LogP contribution in [-0.2, 0) is 9.59 Å². The second-order valence-corrected chi connectivity index (χ2v) is 3.28. The smallest absolute Gasteiger partial charge is 0.317 e.